The summed E-state index contributed by atoms with van der Waals surface area (Å²) in [6, 6.07) is 0. The zero-order valence-corrected chi connectivity index (χ0v) is 55.9. The van der Waals surface area contributed by atoms with Crippen LogP contribution in [-0.4, -0.2) is 159 Å². The Morgan fingerprint density at radius 3 is 0.974 bits per heavy atom. The molecule has 78 heavy (non-hydrogen) atoms. The summed E-state index contributed by atoms with van der Waals surface area (Å²) in [5.74, 6) is 5.48. The maximum Gasteiger partial charge on any atom is 0.307 e. The zero-order chi connectivity index (χ0) is 57.0. The Labute approximate surface area is 504 Å². The molecular formula is C61H119N3O8S6. The van der Waals surface area contributed by atoms with Crippen molar-refractivity contribution in [3.05, 3.63) is 0 Å². The van der Waals surface area contributed by atoms with Gasteiger partial charge in [0.25, 0.3) is 0 Å². The molecule has 0 aliphatic carbocycles. The van der Waals surface area contributed by atoms with Gasteiger partial charge in [0.1, 0.15) is 19.8 Å². The standard InChI is InChI=1S/C61H119N3O8S6/c1-7-12-17-21-24-28-50-73-76-53-47-69-58(65)35-43-63(44-36-59(66)70-48-54-77-74-51-29-25-22-18-13-8-2)41-31-39-62(6)40-32-42-64(45-37-60(67)71-49-55-78-75-52-30-26-23-19-14-9-3)46-38-61(68)72-56-57(33-16-11-5)34-27-20-15-10-4/h57H,7-56H2,1-6H3. The molecule has 0 rings (SSSR count). The summed E-state index contributed by atoms with van der Waals surface area (Å²) in [5.41, 5.74) is 0. The topological polar surface area (TPSA) is 115 Å². The molecule has 0 radical (unpaired) electrons. The number of carbonyl (C=O) groups is 4. The normalized spacial score (nSPS) is 12.0. The van der Waals surface area contributed by atoms with Gasteiger partial charge in [0, 0.05) is 60.7 Å². The van der Waals surface area contributed by atoms with Crippen LogP contribution in [0.25, 0.3) is 0 Å². The predicted molar refractivity (Wildman–Crippen MR) is 349 cm³/mol. The second kappa shape index (κ2) is 62.9. The Bertz CT molecular complexity index is 1290. The van der Waals surface area contributed by atoms with E-state index in [1.165, 1.54) is 141 Å². The van der Waals surface area contributed by atoms with Gasteiger partial charge in [0.15, 0.2) is 0 Å². The van der Waals surface area contributed by atoms with Crippen LogP contribution >= 0.6 is 64.8 Å². The van der Waals surface area contributed by atoms with Crippen molar-refractivity contribution in [1.29, 1.82) is 0 Å². The quantitative estimate of drug-likeness (QED) is 0.0249. The van der Waals surface area contributed by atoms with Crippen molar-refractivity contribution < 1.29 is 38.1 Å². The Kier molecular flexibility index (Phi) is 62.8. The lowest BCUT2D eigenvalue weighted by Crippen LogP contribution is -2.34. The van der Waals surface area contributed by atoms with Crippen LogP contribution in [0, 0.1) is 5.92 Å². The fourth-order valence-corrected chi connectivity index (χ4v) is 14.7. The van der Waals surface area contributed by atoms with Crippen molar-refractivity contribution >= 4 is 88.6 Å². The Morgan fingerprint density at radius 1 is 0.321 bits per heavy atom. The molecule has 0 N–H and O–H groups in total. The first-order valence-corrected chi connectivity index (χ1v) is 39.1. The van der Waals surface area contributed by atoms with E-state index in [4.69, 9.17) is 18.9 Å². The maximum absolute atomic E-state index is 13.1. The summed E-state index contributed by atoms with van der Waals surface area (Å²) < 4.78 is 22.8. The summed E-state index contributed by atoms with van der Waals surface area (Å²) >= 11 is 0. The van der Waals surface area contributed by atoms with E-state index in [9.17, 15) is 19.2 Å². The van der Waals surface area contributed by atoms with Crippen molar-refractivity contribution in [2.75, 3.05) is 120 Å². The number of nitrogens with zero attached hydrogens (tertiary/aromatic N) is 3. The van der Waals surface area contributed by atoms with Crippen LogP contribution in [0.1, 0.15) is 240 Å². The molecule has 1 atom stereocenters. The van der Waals surface area contributed by atoms with Crippen molar-refractivity contribution in [3.63, 3.8) is 0 Å². The summed E-state index contributed by atoms with van der Waals surface area (Å²) in [7, 11) is 13.1. The van der Waals surface area contributed by atoms with E-state index >= 15 is 0 Å². The molecule has 0 aromatic carbocycles. The van der Waals surface area contributed by atoms with Crippen LogP contribution in [-0.2, 0) is 38.1 Å². The molecule has 0 spiro atoms. The summed E-state index contributed by atoms with van der Waals surface area (Å²) in [4.78, 5) is 58.5. The Hall–Kier alpha value is -0.140. The number of ether oxygens (including phenoxy) is 4. The van der Waals surface area contributed by atoms with Gasteiger partial charge in [-0.3, -0.25) is 19.2 Å². The Morgan fingerprint density at radius 2 is 0.615 bits per heavy atom. The smallest absolute Gasteiger partial charge is 0.307 e. The number of carbonyl (C=O) groups excluding carboxylic acids is 4. The van der Waals surface area contributed by atoms with Crippen LogP contribution in [0.5, 0.6) is 0 Å². The van der Waals surface area contributed by atoms with Crippen LogP contribution < -0.4 is 0 Å². The lowest BCUT2D eigenvalue weighted by Gasteiger charge is -2.25. The third-order valence-electron chi connectivity index (χ3n) is 13.8. The van der Waals surface area contributed by atoms with E-state index in [0.29, 0.717) is 84.2 Å². The average Bonchev–Trinajstić information content (AvgIpc) is 3.43. The number of hydrogen-bond donors (Lipinski definition) is 0. The van der Waals surface area contributed by atoms with Gasteiger partial charge in [0.2, 0.25) is 0 Å². The summed E-state index contributed by atoms with van der Waals surface area (Å²) in [5, 5.41) is 0. The minimum atomic E-state index is -0.191. The van der Waals surface area contributed by atoms with Crippen LogP contribution in [0.4, 0.5) is 0 Å². The van der Waals surface area contributed by atoms with Gasteiger partial charge in [-0.25, -0.2) is 0 Å². The molecule has 0 aliphatic heterocycles. The van der Waals surface area contributed by atoms with E-state index in [0.717, 1.165) is 99.2 Å². The molecule has 0 saturated carbocycles. The first kappa shape index (κ1) is 77.9. The number of hydrogen-bond acceptors (Lipinski definition) is 17. The van der Waals surface area contributed by atoms with Gasteiger partial charge in [-0.2, -0.15) is 0 Å². The highest BCUT2D eigenvalue weighted by Gasteiger charge is 2.17. The van der Waals surface area contributed by atoms with E-state index < -0.39 is 0 Å². The average molecular weight is 1220 g/mol. The van der Waals surface area contributed by atoms with Gasteiger partial charge in [-0.05, 0) is 84.1 Å². The molecule has 0 heterocycles. The molecule has 0 aromatic heterocycles. The van der Waals surface area contributed by atoms with Crippen molar-refractivity contribution in [1.82, 2.24) is 14.7 Å². The highest BCUT2D eigenvalue weighted by Crippen LogP contribution is 2.25. The van der Waals surface area contributed by atoms with Gasteiger partial charge in [0.05, 0.1) is 32.3 Å². The first-order valence-electron chi connectivity index (χ1n) is 31.7. The Balaban J connectivity index is 5.20. The second-order valence-corrected chi connectivity index (χ2v) is 29.2. The number of rotatable bonds is 63. The molecule has 0 amide bonds. The molecule has 0 saturated heterocycles. The van der Waals surface area contributed by atoms with Gasteiger partial charge < -0.3 is 33.6 Å². The van der Waals surface area contributed by atoms with E-state index in [1.54, 1.807) is 32.4 Å². The van der Waals surface area contributed by atoms with E-state index in [1.807, 2.05) is 32.4 Å². The second-order valence-electron chi connectivity index (χ2n) is 21.1. The maximum atomic E-state index is 13.1. The predicted octanol–water partition coefficient (Wildman–Crippen LogP) is 17.0. The zero-order valence-electron chi connectivity index (χ0n) is 51.0. The SMILES string of the molecule is CCCCCCCCSSCCOC(=O)CCN(CCCN(C)CCCN(CCC(=O)OCCSSCCCCCCCC)CCC(=O)OCC(CCCC)CCCCCC)CCC(=O)OCCSSCCCCCCCC. The van der Waals surface area contributed by atoms with E-state index in [2.05, 4.69) is 56.4 Å². The largest absolute Gasteiger partial charge is 0.465 e. The first-order chi connectivity index (χ1) is 38.2. The van der Waals surface area contributed by atoms with Crippen LogP contribution in [0.3, 0.4) is 0 Å². The molecule has 0 fully saturated rings. The highest BCUT2D eigenvalue weighted by atomic mass is 33.1. The molecule has 1 unspecified atom stereocenters. The molecule has 0 bridgehead atoms. The third-order valence-corrected chi connectivity index (χ3v) is 21.1. The molecule has 0 aliphatic rings. The third kappa shape index (κ3) is 57.7. The summed E-state index contributed by atoms with van der Waals surface area (Å²) in [6.07, 6.45) is 35.8. The summed E-state index contributed by atoms with van der Waals surface area (Å²) in [6.45, 7) is 18.4. The lowest BCUT2D eigenvalue weighted by atomic mass is 9.96. The van der Waals surface area contributed by atoms with Gasteiger partial charge in [-0.15, -0.1) is 0 Å². The van der Waals surface area contributed by atoms with Crippen molar-refractivity contribution in [2.24, 2.45) is 5.92 Å². The minimum absolute atomic E-state index is 0.157. The molecule has 11 nitrogen and oxygen atoms in total. The molecule has 0 aromatic rings. The molecule has 17 heteroatoms. The fourth-order valence-electron chi connectivity index (χ4n) is 8.82. The monoisotopic (exact) mass is 1210 g/mol. The van der Waals surface area contributed by atoms with Crippen LogP contribution in [0.2, 0.25) is 0 Å². The van der Waals surface area contributed by atoms with Gasteiger partial charge >= 0.3 is 23.9 Å². The highest BCUT2D eigenvalue weighted by molar-refractivity contribution is 8.77. The van der Waals surface area contributed by atoms with E-state index in [-0.39, 0.29) is 23.9 Å². The van der Waals surface area contributed by atoms with Crippen molar-refractivity contribution in [3.8, 4) is 0 Å². The van der Waals surface area contributed by atoms with Crippen LogP contribution in [0.15, 0.2) is 0 Å². The molecular weight excluding hydrogens is 1100 g/mol. The lowest BCUT2D eigenvalue weighted by molar-refractivity contribution is -0.146. The van der Waals surface area contributed by atoms with Gasteiger partial charge in [-0.1, -0.05) is 234 Å². The fraction of sp³-hybridized carbons (Fsp3) is 0.934. The number of esters is 4. The minimum Gasteiger partial charge on any atom is -0.465 e. The number of unbranched alkanes of at least 4 members (excludes halogenated alkanes) is 19. The van der Waals surface area contributed by atoms with Crippen molar-refractivity contribution in [2.45, 2.75) is 240 Å². The molecule has 462 valence electrons.